The van der Waals surface area contributed by atoms with Crippen molar-refractivity contribution in [2.45, 2.75) is 4.90 Å². The van der Waals surface area contributed by atoms with E-state index in [0.29, 0.717) is 16.8 Å². The summed E-state index contributed by atoms with van der Waals surface area (Å²) in [4.78, 5) is 12.5. The topological polar surface area (TPSA) is 108 Å². The Morgan fingerprint density at radius 3 is 2.28 bits per heavy atom. The molecule has 160 valence electrons. The number of carbonyl (C=O) groups is 1. The van der Waals surface area contributed by atoms with Gasteiger partial charge in [0.1, 0.15) is 5.75 Å². The smallest absolute Gasteiger partial charge is 0.271 e. The molecule has 0 spiro atoms. The van der Waals surface area contributed by atoms with Crippen molar-refractivity contribution in [3.05, 3.63) is 102 Å². The van der Waals surface area contributed by atoms with Crippen molar-refractivity contribution < 1.29 is 18.3 Å². The Morgan fingerprint density at radius 2 is 1.53 bits per heavy atom. The number of rotatable bonds is 6. The molecule has 0 fully saturated rings. The van der Waals surface area contributed by atoms with Gasteiger partial charge >= 0.3 is 0 Å². The molecular formula is C24H19N3O4S. The molecule has 0 aliphatic carbocycles. The molecule has 0 radical (unpaired) electrons. The fraction of sp³-hybridized carbons (Fsp3) is 0. The molecular weight excluding hydrogens is 426 g/mol. The van der Waals surface area contributed by atoms with Crippen LogP contribution in [-0.2, 0) is 10.0 Å². The summed E-state index contributed by atoms with van der Waals surface area (Å²) in [6.45, 7) is 0. The summed E-state index contributed by atoms with van der Waals surface area (Å²) in [6, 6.07) is 24.9. The molecule has 0 saturated heterocycles. The van der Waals surface area contributed by atoms with Crippen molar-refractivity contribution >= 4 is 38.6 Å². The van der Waals surface area contributed by atoms with Gasteiger partial charge in [-0.2, -0.15) is 5.10 Å². The summed E-state index contributed by atoms with van der Waals surface area (Å²) in [5.74, 6) is -0.421. The van der Waals surface area contributed by atoms with E-state index >= 15 is 0 Å². The molecule has 0 aliphatic rings. The van der Waals surface area contributed by atoms with E-state index in [2.05, 4.69) is 15.2 Å². The van der Waals surface area contributed by atoms with Crippen LogP contribution in [0.4, 0.5) is 5.69 Å². The molecule has 0 bridgehead atoms. The standard InChI is InChI=1S/C24H19N3O4S/c28-23-15-12-17-6-4-5-9-21(17)22(23)16-25-26-24(29)18-10-13-19(14-11-18)27-32(30,31)20-7-2-1-3-8-20/h1-16,27-28H,(H,26,29)/b25-16+. The Bertz CT molecular complexity index is 1400. The Hall–Kier alpha value is -4.17. The number of carbonyl (C=O) groups excluding carboxylic acids is 1. The SMILES string of the molecule is O=C(N/N=C/c1c(O)ccc2ccccc12)c1ccc(NS(=O)(=O)c2ccccc2)cc1. The first-order valence-electron chi connectivity index (χ1n) is 9.66. The number of amides is 1. The fourth-order valence-corrected chi connectivity index (χ4v) is 4.22. The van der Waals surface area contributed by atoms with Gasteiger partial charge in [-0.3, -0.25) is 9.52 Å². The summed E-state index contributed by atoms with van der Waals surface area (Å²) in [5.41, 5.74) is 3.53. The van der Waals surface area contributed by atoms with Crippen molar-refractivity contribution in [3.8, 4) is 5.75 Å². The van der Waals surface area contributed by atoms with Gasteiger partial charge in [0.2, 0.25) is 0 Å². The van der Waals surface area contributed by atoms with Crippen LogP contribution in [0.1, 0.15) is 15.9 Å². The predicted octanol–water partition coefficient (Wildman–Crippen LogP) is 4.11. The molecule has 8 heteroatoms. The maximum Gasteiger partial charge on any atom is 0.271 e. The number of sulfonamides is 1. The van der Waals surface area contributed by atoms with Crippen LogP contribution in [0.5, 0.6) is 5.75 Å². The normalized spacial score (nSPS) is 11.5. The summed E-state index contributed by atoms with van der Waals surface area (Å²) in [5, 5.41) is 15.8. The van der Waals surface area contributed by atoms with Crippen LogP contribution < -0.4 is 10.1 Å². The number of hydrogen-bond acceptors (Lipinski definition) is 5. The van der Waals surface area contributed by atoms with E-state index in [9.17, 15) is 18.3 Å². The van der Waals surface area contributed by atoms with Gasteiger partial charge in [0.25, 0.3) is 15.9 Å². The van der Waals surface area contributed by atoms with Gasteiger partial charge in [0.05, 0.1) is 11.1 Å². The van der Waals surface area contributed by atoms with Crippen molar-refractivity contribution in [1.82, 2.24) is 5.43 Å². The summed E-state index contributed by atoms with van der Waals surface area (Å²) in [6.07, 6.45) is 1.39. The minimum absolute atomic E-state index is 0.0525. The second-order valence-corrected chi connectivity index (χ2v) is 8.60. The highest BCUT2D eigenvalue weighted by Crippen LogP contribution is 2.25. The molecule has 0 unspecified atom stereocenters. The number of nitrogens with zero attached hydrogens (tertiary/aromatic N) is 1. The average Bonchev–Trinajstić information content (AvgIpc) is 2.81. The van der Waals surface area contributed by atoms with E-state index in [1.165, 1.54) is 42.6 Å². The van der Waals surface area contributed by atoms with Gasteiger partial charge < -0.3 is 5.11 Å². The minimum atomic E-state index is -3.71. The lowest BCUT2D eigenvalue weighted by molar-refractivity contribution is 0.0955. The van der Waals surface area contributed by atoms with E-state index in [1.807, 2.05) is 24.3 Å². The molecule has 7 nitrogen and oxygen atoms in total. The Kier molecular flexibility index (Phi) is 5.87. The number of anilines is 1. The maximum atomic E-state index is 12.4. The third kappa shape index (κ3) is 4.60. The van der Waals surface area contributed by atoms with Gasteiger partial charge in [0.15, 0.2) is 0 Å². The number of fused-ring (bicyclic) bond motifs is 1. The van der Waals surface area contributed by atoms with Crippen molar-refractivity contribution in [3.63, 3.8) is 0 Å². The molecule has 0 atom stereocenters. The van der Waals surface area contributed by atoms with Gasteiger partial charge in [0, 0.05) is 16.8 Å². The van der Waals surface area contributed by atoms with Gasteiger partial charge in [-0.1, -0.05) is 48.5 Å². The first kappa shape index (κ1) is 21.1. The van der Waals surface area contributed by atoms with E-state index in [-0.39, 0.29) is 10.6 Å². The molecule has 4 aromatic carbocycles. The Labute approximate surface area is 185 Å². The van der Waals surface area contributed by atoms with Crippen molar-refractivity contribution in [1.29, 1.82) is 0 Å². The third-order valence-electron chi connectivity index (χ3n) is 4.76. The third-order valence-corrected chi connectivity index (χ3v) is 6.16. The van der Waals surface area contributed by atoms with E-state index in [4.69, 9.17) is 0 Å². The van der Waals surface area contributed by atoms with Gasteiger partial charge in [-0.05, 0) is 53.2 Å². The van der Waals surface area contributed by atoms with Crippen molar-refractivity contribution in [2.24, 2.45) is 5.10 Å². The summed E-state index contributed by atoms with van der Waals surface area (Å²) < 4.78 is 27.2. The molecule has 3 N–H and O–H groups in total. The molecule has 0 heterocycles. The monoisotopic (exact) mass is 445 g/mol. The molecule has 4 aromatic rings. The summed E-state index contributed by atoms with van der Waals surface area (Å²) >= 11 is 0. The highest BCUT2D eigenvalue weighted by atomic mass is 32.2. The van der Waals surface area contributed by atoms with Crippen LogP contribution in [0.2, 0.25) is 0 Å². The Morgan fingerprint density at radius 1 is 0.844 bits per heavy atom. The zero-order valence-corrected chi connectivity index (χ0v) is 17.6. The summed E-state index contributed by atoms with van der Waals surface area (Å²) in [7, 11) is -3.71. The fourth-order valence-electron chi connectivity index (χ4n) is 3.14. The molecule has 1 amide bonds. The molecule has 0 aliphatic heterocycles. The number of benzene rings is 4. The number of phenols is 1. The largest absolute Gasteiger partial charge is 0.507 e. The number of hydrazone groups is 1. The Balaban J connectivity index is 1.44. The van der Waals surface area contributed by atoms with Crippen LogP contribution in [0, 0.1) is 0 Å². The van der Waals surface area contributed by atoms with Crippen LogP contribution in [0.25, 0.3) is 10.8 Å². The van der Waals surface area contributed by atoms with Gasteiger partial charge in [-0.15, -0.1) is 0 Å². The number of phenolic OH excluding ortho intramolecular Hbond substituents is 1. The van der Waals surface area contributed by atoms with Crippen molar-refractivity contribution in [2.75, 3.05) is 4.72 Å². The molecule has 4 rings (SSSR count). The molecule has 32 heavy (non-hydrogen) atoms. The first-order chi connectivity index (χ1) is 15.4. The first-order valence-corrected chi connectivity index (χ1v) is 11.1. The number of aromatic hydroxyl groups is 1. The molecule has 0 aromatic heterocycles. The average molecular weight is 446 g/mol. The number of hydrogen-bond donors (Lipinski definition) is 3. The van der Waals surface area contributed by atoms with Gasteiger partial charge in [-0.25, -0.2) is 13.8 Å². The lowest BCUT2D eigenvalue weighted by Crippen LogP contribution is -2.18. The number of nitrogens with one attached hydrogen (secondary N) is 2. The van der Waals surface area contributed by atoms with Crippen LogP contribution in [0.15, 0.2) is 101 Å². The van der Waals surface area contributed by atoms with Crippen LogP contribution in [0.3, 0.4) is 0 Å². The minimum Gasteiger partial charge on any atom is -0.507 e. The second kappa shape index (κ2) is 8.91. The predicted molar refractivity (Wildman–Crippen MR) is 124 cm³/mol. The van der Waals surface area contributed by atoms with Crippen LogP contribution >= 0.6 is 0 Å². The highest BCUT2D eigenvalue weighted by Gasteiger charge is 2.14. The maximum absolute atomic E-state index is 12.4. The van der Waals surface area contributed by atoms with E-state index in [1.54, 1.807) is 30.3 Å². The lowest BCUT2D eigenvalue weighted by Gasteiger charge is -2.08. The van der Waals surface area contributed by atoms with E-state index < -0.39 is 15.9 Å². The lowest BCUT2D eigenvalue weighted by atomic mass is 10.0. The zero-order chi connectivity index (χ0) is 22.6. The quantitative estimate of drug-likeness (QED) is 0.307. The highest BCUT2D eigenvalue weighted by molar-refractivity contribution is 7.92. The van der Waals surface area contributed by atoms with Crippen LogP contribution in [-0.4, -0.2) is 25.6 Å². The van der Waals surface area contributed by atoms with E-state index in [0.717, 1.165) is 10.8 Å². The second-order valence-electron chi connectivity index (χ2n) is 6.91. The zero-order valence-electron chi connectivity index (χ0n) is 16.8. The molecule has 0 saturated carbocycles.